The largest absolute Gasteiger partial charge is 0.492 e. The summed E-state index contributed by atoms with van der Waals surface area (Å²) in [6.45, 7) is 1.32. The number of benzene rings is 1. The summed E-state index contributed by atoms with van der Waals surface area (Å²) in [5.74, 6) is 0.455. The molecular formula is C20H21N3O4S. The van der Waals surface area contributed by atoms with Gasteiger partial charge in [0.25, 0.3) is 11.8 Å². The van der Waals surface area contributed by atoms with Crippen LogP contribution in [0.2, 0.25) is 0 Å². The maximum Gasteiger partial charge on any atom is 0.325 e. The summed E-state index contributed by atoms with van der Waals surface area (Å²) in [7, 11) is 0. The van der Waals surface area contributed by atoms with Crippen molar-refractivity contribution in [2.45, 2.75) is 18.4 Å². The van der Waals surface area contributed by atoms with Crippen LogP contribution >= 0.6 is 11.3 Å². The fourth-order valence-electron chi connectivity index (χ4n) is 3.64. The molecule has 2 aliphatic heterocycles. The summed E-state index contributed by atoms with van der Waals surface area (Å²) in [5, 5.41) is 4.73. The number of piperidine rings is 1. The molecule has 7 nitrogen and oxygen atoms in total. The van der Waals surface area contributed by atoms with E-state index in [0.717, 1.165) is 0 Å². The standard InChI is InChI=1S/C20H21N3O4S/c24-17(16-7-4-14-28-16)22-10-8-20(9-11-22)18(25)23(19(26)21-20)12-13-27-15-5-2-1-3-6-15/h1-7,14H,8-13H2,(H,21,26). The number of urea groups is 1. The Hall–Kier alpha value is -2.87. The number of carbonyl (C=O) groups is 3. The Labute approximate surface area is 166 Å². The molecule has 1 N–H and O–H groups in total. The second-order valence-electron chi connectivity index (χ2n) is 6.90. The quantitative estimate of drug-likeness (QED) is 0.783. The topological polar surface area (TPSA) is 79.0 Å². The SMILES string of the molecule is O=C(c1cccs1)N1CCC2(CC1)NC(=O)N(CCOc1ccccc1)C2=O. The van der Waals surface area contributed by atoms with Crippen molar-refractivity contribution < 1.29 is 19.1 Å². The van der Waals surface area contributed by atoms with E-state index >= 15 is 0 Å². The molecule has 1 aromatic heterocycles. The molecule has 0 bridgehead atoms. The van der Waals surface area contributed by atoms with Gasteiger partial charge in [0.15, 0.2) is 0 Å². The summed E-state index contributed by atoms with van der Waals surface area (Å²) < 4.78 is 5.60. The minimum absolute atomic E-state index is 0.0188. The number of amides is 4. The lowest BCUT2D eigenvalue weighted by atomic mass is 9.87. The first-order valence-electron chi connectivity index (χ1n) is 9.24. The van der Waals surface area contributed by atoms with Crippen molar-refractivity contribution >= 4 is 29.2 Å². The van der Waals surface area contributed by atoms with E-state index in [2.05, 4.69) is 5.32 Å². The zero-order chi connectivity index (χ0) is 19.6. The third-order valence-electron chi connectivity index (χ3n) is 5.21. The van der Waals surface area contributed by atoms with Gasteiger partial charge in [-0.1, -0.05) is 24.3 Å². The molecule has 2 aliphatic rings. The molecule has 2 saturated heterocycles. The molecular weight excluding hydrogens is 378 g/mol. The molecule has 0 radical (unpaired) electrons. The predicted octanol–water partition coefficient (Wildman–Crippen LogP) is 2.35. The minimum Gasteiger partial charge on any atom is -0.492 e. The molecule has 3 heterocycles. The van der Waals surface area contributed by atoms with E-state index in [1.807, 2.05) is 41.8 Å². The first-order chi connectivity index (χ1) is 13.6. The number of ether oxygens (including phenoxy) is 1. The number of carbonyl (C=O) groups excluding carboxylic acids is 3. The van der Waals surface area contributed by atoms with E-state index in [1.165, 1.54) is 16.2 Å². The van der Waals surface area contributed by atoms with Crippen LogP contribution in [0, 0.1) is 0 Å². The molecule has 8 heteroatoms. The van der Waals surface area contributed by atoms with Crippen LogP contribution in [0.4, 0.5) is 4.79 Å². The number of thiophene rings is 1. The van der Waals surface area contributed by atoms with Crippen LogP contribution in [0.25, 0.3) is 0 Å². The smallest absolute Gasteiger partial charge is 0.325 e. The third-order valence-corrected chi connectivity index (χ3v) is 6.07. The average Bonchev–Trinajstić information content (AvgIpc) is 3.33. The van der Waals surface area contributed by atoms with Crippen molar-refractivity contribution in [1.29, 1.82) is 0 Å². The molecule has 2 fully saturated rings. The number of nitrogens with one attached hydrogen (secondary N) is 1. The summed E-state index contributed by atoms with van der Waals surface area (Å²) in [6, 6.07) is 12.5. The van der Waals surface area contributed by atoms with Gasteiger partial charge in [0.1, 0.15) is 17.9 Å². The molecule has 0 unspecified atom stereocenters. The molecule has 1 aromatic carbocycles. The van der Waals surface area contributed by atoms with Crippen LogP contribution in [0.15, 0.2) is 47.8 Å². The van der Waals surface area contributed by atoms with Crippen molar-refractivity contribution in [3.63, 3.8) is 0 Å². The number of para-hydroxylation sites is 1. The van der Waals surface area contributed by atoms with Crippen molar-refractivity contribution in [2.75, 3.05) is 26.2 Å². The van der Waals surface area contributed by atoms with Crippen molar-refractivity contribution in [2.24, 2.45) is 0 Å². The number of hydrogen-bond donors (Lipinski definition) is 1. The van der Waals surface area contributed by atoms with Crippen molar-refractivity contribution in [1.82, 2.24) is 15.1 Å². The van der Waals surface area contributed by atoms with E-state index in [-0.39, 0.29) is 31.0 Å². The summed E-state index contributed by atoms with van der Waals surface area (Å²) in [4.78, 5) is 41.4. The number of rotatable bonds is 5. The Morgan fingerprint density at radius 1 is 1.11 bits per heavy atom. The molecule has 1 spiro atoms. The van der Waals surface area contributed by atoms with Crippen LogP contribution < -0.4 is 10.1 Å². The fraction of sp³-hybridized carbons (Fsp3) is 0.350. The molecule has 0 atom stereocenters. The first-order valence-corrected chi connectivity index (χ1v) is 10.1. The normalized spacial score (nSPS) is 18.4. The van der Waals surface area contributed by atoms with Crippen LogP contribution in [0.3, 0.4) is 0 Å². The van der Waals surface area contributed by atoms with E-state index in [0.29, 0.717) is 36.6 Å². The lowest BCUT2D eigenvalue weighted by Crippen LogP contribution is -2.55. The van der Waals surface area contributed by atoms with Crippen LogP contribution in [-0.2, 0) is 4.79 Å². The number of likely N-dealkylation sites (tertiary alicyclic amines) is 1. The van der Waals surface area contributed by atoms with Gasteiger partial charge < -0.3 is 15.0 Å². The highest BCUT2D eigenvalue weighted by Gasteiger charge is 2.52. The minimum atomic E-state index is -0.907. The molecule has 28 heavy (non-hydrogen) atoms. The van der Waals surface area contributed by atoms with Gasteiger partial charge in [0.2, 0.25) is 0 Å². The lowest BCUT2D eigenvalue weighted by Gasteiger charge is -2.37. The maximum atomic E-state index is 12.9. The Morgan fingerprint density at radius 3 is 2.54 bits per heavy atom. The summed E-state index contributed by atoms with van der Waals surface area (Å²) in [5.41, 5.74) is -0.907. The van der Waals surface area contributed by atoms with E-state index < -0.39 is 5.54 Å². The zero-order valence-electron chi connectivity index (χ0n) is 15.3. The first kappa shape index (κ1) is 18.5. The van der Waals surface area contributed by atoms with Gasteiger partial charge in [-0.25, -0.2) is 4.79 Å². The summed E-state index contributed by atoms with van der Waals surface area (Å²) in [6.07, 6.45) is 0.843. The Kier molecular flexibility index (Phi) is 5.04. The second-order valence-corrected chi connectivity index (χ2v) is 7.85. The number of imide groups is 1. The Bertz CT molecular complexity index is 861. The van der Waals surface area contributed by atoms with Crippen LogP contribution in [0.5, 0.6) is 5.75 Å². The van der Waals surface area contributed by atoms with Gasteiger partial charge in [-0.3, -0.25) is 14.5 Å². The highest BCUT2D eigenvalue weighted by atomic mass is 32.1. The van der Waals surface area contributed by atoms with Gasteiger partial charge in [0, 0.05) is 13.1 Å². The maximum absolute atomic E-state index is 12.9. The molecule has 2 aromatic rings. The molecule has 146 valence electrons. The van der Waals surface area contributed by atoms with E-state index in [4.69, 9.17) is 4.74 Å². The predicted molar refractivity (Wildman–Crippen MR) is 104 cm³/mol. The molecule has 4 amide bonds. The number of hydrogen-bond acceptors (Lipinski definition) is 5. The Balaban J connectivity index is 1.34. The van der Waals surface area contributed by atoms with Gasteiger partial charge in [-0.05, 0) is 36.4 Å². The van der Waals surface area contributed by atoms with Crippen LogP contribution in [-0.4, -0.2) is 59.4 Å². The molecule has 4 rings (SSSR count). The van der Waals surface area contributed by atoms with Gasteiger partial charge >= 0.3 is 6.03 Å². The average molecular weight is 399 g/mol. The third kappa shape index (κ3) is 3.47. The van der Waals surface area contributed by atoms with E-state index in [1.54, 1.807) is 11.0 Å². The van der Waals surface area contributed by atoms with Gasteiger partial charge in [-0.2, -0.15) is 0 Å². The Morgan fingerprint density at radius 2 is 1.86 bits per heavy atom. The van der Waals surface area contributed by atoms with Gasteiger partial charge in [0.05, 0.1) is 11.4 Å². The van der Waals surface area contributed by atoms with Crippen molar-refractivity contribution in [3.05, 3.63) is 52.7 Å². The highest BCUT2D eigenvalue weighted by Crippen LogP contribution is 2.30. The lowest BCUT2D eigenvalue weighted by molar-refractivity contribution is -0.133. The fourth-order valence-corrected chi connectivity index (χ4v) is 4.33. The second kappa shape index (κ2) is 7.63. The monoisotopic (exact) mass is 399 g/mol. The number of nitrogens with zero attached hydrogens (tertiary/aromatic N) is 2. The van der Waals surface area contributed by atoms with Crippen molar-refractivity contribution in [3.8, 4) is 5.75 Å². The molecule has 0 saturated carbocycles. The highest BCUT2D eigenvalue weighted by molar-refractivity contribution is 7.12. The zero-order valence-corrected chi connectivity index (χ0v) is 16.1. The molecule has 0 aliphatic carbocycles. The van der Waals surface area contributed by atoms with Gasteiger partial charge in [-0.15, -0.1) is 11.3 Å². The summed E-state index contributed by atoms with van der Waals surface area (Å²) >= 11 is 1.41. The van der Waals surface area contributed by atoms with Crippen LogP contribution in [0.1, 0.15) is 22.5 Å². The van der Waals surface area contributed by atoms with E-state index in [9.17, 15) is 14.4 Å².